The molecule has 0 bridgehead atoms. The van der Waals surface area contributed by atoms with Crippen LogP contribution in [0.15, 0.2) is 42.6 Å². The first-order valence-electron chi connectivity index (χ1n) is 4.25. The lowest BCUT2D eigenvalue weighted by atomic mass is 10.2. The molecule has 2 aromatic rings. The Hall–Kier alpha value is -1.65. The summed E-state index contributed by atoms with van der Waals surface area (Å²) >= 11 is 5.76. The molecule has 0 saturated carbocycles. The largest absolute Gasteiger partial charge is 0.355 e. The van der Waals surface area contributed by atoms with Gasteiger partial charge < -0.3 is 4.98 Å². The minimum Gasteiger partial charge on any atom is -0.355 e. The molecule has 0 aliphatic rings. The topological polar surface area (TPSA) is 15.8 Å². The van der Waals surface area contributed by atoms with Gasteiger partial charge in [-0.05, 0) is 42.3 Å². The fraction of sp³-hybridized carbons (Fsp3) is 0. The molecule has 0 saturated heterocycles. The van der Waals surface area contributed by atoms with Crippen LogP contribution in [0.1, 0.15) is 11.3 Å². The summed E-state index contributed by atoms with van der Waals surface area (Å²) in [6.45, 7) is 0. The molecule has 0 atom stereocenters. The predicted octanol–water partition coefficient (Wildman–Crippen LogP) is 3.07. The zero-order chi connectivity index (χ0) is 9.80. The Morgan fingerprint density at radius 1 is 1.00 bits per heavy atom. The van der Waals surface area contributed by atoms with E-state index in [4.69, 9.17) is 11.6 Å². The Morgan fingerprint density at radius 2 is 1.79 bits per heavy atom. The molecule has 2 rings (SSSR count). The second kappa shape index (κ2) is 4.04. The van der Waals surface area contributed by atoms with Crippen LogP contribution in [0.2, 0.25) is 5.02 Å². The van der Waals surface area contributed by atoms with Crippen LogP contribution in [0.3, 0.4) is 0 Å². The van der Waals surface area contributed by atoms with Gasteiger partial charge in [-0.25, -0.2) is 0 Å². The molecule has 0 aliphatic carbocycles. The summed E-state index contributed by atoms with van der Waals surface area (Å²) in [6.07, 6.45) is 1.85. The van der Waals surface area contributed by atoms with Gasteiger partial charge in [-0.2, -0.15) is 0 Å². The molecule has 0 aliphatic heterocycles. The number of aromatic nitrogens is 1. The van der Waals surface area contributed by atoms with Crippen LogP contribution in [0.5, 0.6) is 0 Å². The summed E-state index contributed by atoms with van der Waals surface area (Å²) in [5, 5.41) is 0.732. The van der Waals surface area contributed by atoms with Gasteiger partial charge in [0, 0.05) is 16.8 Å². The molecule has 1 N–H and O–H groups in total. The molecule has 1 aromatic heterocycles. The minimum absolute atomic E-state index is 0.732. The molecule has 1 heterocycles. The quantitative estimate of drug-likeness (QED) is 0.631. The van der Waals surface area contributed by atoms with Crippen LogP contribution in [0.4, 0.5) is 0 Å². The molecule has 14 heavy (non-hydrogen) atoms. The Morgan fingerprint density at radius 3 is 2.43 bits per heavy atom. The van der Waals surface area contributed by atoms with E-state index in [9.17, 15) is 0 Å². The minimum atomic E-state index is 0.732. The van der Waals surface area contributed by atoms with Gasteiger partial charge in [0.15, 0.2) is 0 Å². The van der Waals surface area contributed by atoms with Gasteiger partial charge in [0.1, 0.15) is 0 Å². The third-order valence-electron chi connectivity index (χ3n) is 1.78. The Kier molecular flexibility index (Phi) is 2.58. The van der Waals surface area contributed by atoms with E-state index in [1.807, 2.05) is 42.6 Å². The standard InChI is InChI=1S/C12H8ClN/c13-11-6-3-10(4-7-11)5-8-12-2-1-9-14-12/h1-4,6-7,9,14H. The Labute approximate surface area is 87.7 Å². The Balaban J connectivity index is 2.22. The zero-order valence-electron chi connectivity index (χ0n) is 7.42. The number of rotatable bonds is 0. The fourth-order valence-corrected chi connectivity index (χ4v) is 1.21. The summed E-state index contributed by atoms with van der Waals surface area (Å²) in [5.41, 5.74) is 1.88. The van der Waals surface area contributed by atoms with Crippen LogP contribution in [-0.2, 0) is 0 Å². The van der Waals surface area contributed by atoms with Gasteiger partial charge in [0.2, 0.25) is 0 Å². The van der Waals surface area contributed by atoms with Crippen molar-refractivity contribution in [3.05, 3.63) is 58.9 Å². The van der Waals surface area contributed by atoms with Crippen molar-refractivity contribution in [2.45, 2.75) is 0 Å². The van der Waals surface area contributed by atoms with E-state index in [-0.39, 0.29) is 0 Å². The van der Waals surface area contributed by atoms with Crippen LogP contribution in [-0.4, -0.2) is 4.98 Å². The number of nitrogens with one attached hydrogen (secondary N) is 1. The highest BCUT2D eigenvalue weighted by atomic mass is 35.5. The van der Waals surface area contributed by atoms with E-state index in [1.165, 1.54) is 0 Å². The van der Waals surface area contributed by atoms with Crippen molar-refractivity contribution in [2.24, 2.45) is 0 Å². The second-order valence-electron chi connectivity index (χ2n) is 2.84. The highest BCUT2D eigenvalue weighted by Crippen LogP contribution is 2.08. The van der Waals surface area contributed by atoms with Gasteiger partial charge in [-0.1, -0.05) is 17.5 Å². The number of H-pyrrole nitrogens is 1. The maximum absolute atomic E-state index is 5.76. The summed E-state index contributed by atoms with van der Waals surface area (Å²) in [6, 6.07) is 11.3. The zero-order valence-corrected chi connectivity index (χ0v) is 8.18. The first kappa shape index (κ1) is 8.93. The summed E-state index contributed by atoms with van der Waals surface area (Å²) in [4.78, 5) is 3.02. The number of benzene rings is 1. The van der Waals surface area contributed by atoms with Crippen molar-refractivity contribution in [2.75, 3.05) is 0 Å². The maximum atomic E-state index is 5.76. The number of halogens is 1. The van der Waals surface area contributed by atoms with E-state index in [0.29, 0.717) is 0 Å². The normalized spacial score (nSPS) is 9.21. The predicted molar refractivity (Wildman–Crippen MR) is 58.2 cm³/mol. The highest BCUT2D eigenvalue weighted by Gasteiger charge is 1.87. The SMILES string of the molecule is Clc1ccc(C#Cc2ccc[nH]2)cc1. The van der Waals surface area contributed by atoms with E-state index in [1.54, 1.807) is 0 Å². The van der Waals surface area contributed by atoms with Crippen LogP contribution in [0.25, 0.3) is 0 Å². The summed E-state index contributed by atoms with van der Waals surface area (Å²) < 4.78 is 0. The van der Waals surface area contributed by atoms with Crippen LogP contribution in [0, 0.1) is 11.8 Å². The number of aromatic amines is 1. The van der Waals surface area contributed by atoms with Crippen molar-refractivity contribution >= 4 is 11.6 Å². The van der Waals surface area contributed by atoms with Gasteiger partial charge in [0.05, 0.1) is 5.69 Å². The molecule has 1 nitrogen and oxygen atoms in total. The van der Waals surface area contributed by atoms with E-state index in [0.717, 1.165) is 16.3 Å². The average molecular weight is 202 g/mol. The lowest BCUT2D eigenvalue weighted by Crippen LogP contribution is -1.74. The maximum Gasteiger partial charge on any atom is 0.0897 e. The molecule has 68 valence electrons. The molecule has 0 radical (unpaired) electrons. The van der Waals surface area contributed by atoms with E-state index >= 15 is 0 Å². The molecular formula is C12H8ClN. The molecule has 0 spiro atoms. The first-order chi connectivity index (χ1) is 6.84. The fourth-order valence-electron chi connectivity index (χ4n) is 1.08. The van der Waals surface area contributed by atoms with Crippen LogP contribution < -0.4 is 0 Å². The van der Waals surface area contributed by atoms with Crippen molar-refractivity contribution in [3.8, 4) is 11.8 Å². The van der Waals surface area contributed by atoms with Crippen molar-refractivity contribution in [1.29, 1.82) is 0 Å². The third-order valence-corrected chi connectivity index (χ3v) is 2.04. The first-order valence-corrected chi connectivity index (χ1v) is 4.63. The highest BCUT2D eigenvalue weighted by molar-refractivity contribution is 6.30. The van der Waals surface area contributed by atoms with Crippen molar-refractivity contribution in [3.63, 3.8) is 0 Å². The molecule has 1 aromatic carbocycles. The Bertz CT molecular complexity index is 457. The van der Waals surface area contributed by atoms with Crippen molar-refractivity contribution in [1.82, 2.24) is 4.98 Å². The lowest BCUT2D eigenvalue weighted by Gasteiger charge is -1.89. The molecule has 2 heteroatoms. The van der Waals surface area contributed by atoms with Gasteiger partial charge >= 0.3 is 0 Å². The van der Waals surface area contributed by atoms with Crippen molar-refractivity contribution < 1.29 is 0 Å². The average Bonchev–Trinajstić information content (AvgIpc) is 2.70. The molecule has 0 fully saturated rings. The van der Waals surface area contributed by atoms with Gasteiger partial charge in [-0.3, -0.25) is 0 Å². The molecule has 0 unspecified atom stereocenters. The summed E-state index contributed by atoms with van der Waals surface area (Å²) in [7, 11) is 0. The lowest BCUT2D eigenvalue weighted by molar-refractivity contribution is 1.37. The van der Waals surface area contributed by atoms with Gasteiger partial charge in [0.25, 0.3) is 0 Å². The second-order valence-corrected chi connectivity index (χ2v) is 3.28. The molecular weight excluding hydrogens is 194 g/mol. The monoisotopic (exact) mass is 201 g/mol. The smallest absolute Gasteiger partial charge is 0.0897 e. The van der Waals surface area contributed by atoms with E-state index in [2.05, 4.69) is 16.8 Å². The van der Waals surface area contributed by atoms with E-state index < -0.39 is 0 Å². The molecule has 0 amide bonds. The summed E-state index contributed by atoms with van der Waals surface area (Å²) in [5.74, 6) is 6.05. The number of hydrogen-bond donors (Lipinski definition) is 1. The van der Waals surface area contributed by atoms with Crippen LogP contribution >= 0.6 is 11.6 Å². The number of hydrogen-bond acceptors (Lipinski definition) is 0. The van der Waals surface area contributed by atoms with Gasteiger partial charge in [-0.15, -0.1) is 0 Å². The third kappa shape index (κ3) is 2.18.